The number of hydrogen-bond donors (Lipinski definition) is 0. The molecule has 0 amide bonds. The van der Waals surface area contributed by atoms with Crippen LogP contribution >= 0.6 is 0 Å². The lowest BCUT2D eigenvalue weighted by Gasteiger charge is -2.17. The molecule has 61 heavy (non-hydrogen) atoms. The molecule has 0 radical (unpaired) electrons. The first-order valence-electron chi connectivity index (χ1n) is 20.6. The van der Waals surface area contributed by atoms with Crippen LogP contribution in [0.4, 0.5) is 0 Å². The number of hydrogen-bond acceptors (Lipinski definition) is 4. The van der Waals surface area contributed by atoms with E-state index in [2.05, 4.69) is 188 Å². The van der Waals surface area contributed by atoms with Crippen molar-refractivity contribution in [3.8, 4) is 67.7 Å². The van der Waals surface area contributed by atoms with E-state index in [0.29, 0.717) is 17.5 Å². The Morgan fingerprint density at radius 2 is 0.852 bits per heavy atom. The van der Waals surface area contributed by atoms with Crippen molar-refractivity contribution >= 4 is 54.1 Å². The Morgan fingerprint density at radius 3 is 1.64 bits per heavy atom. The molecule has 284 valence electrons. The highest BCUT2D eigenvalue weighted by Gasteiger charge is 2.20. The topological polar surface area (TPSA) is 51.8 Å². The Labute approximate surface area is 352 Å². The maximum atomic E-state index is 6.22. The Kier molecular flexibility index (Phi) is 8.13. The lowest BCUT2D eigenvalue weighted by atomic mass is 9.87. The van der Waals surface area contributed by atoms with Gasteiger partial charge in [0.15, 0.2) is 17.5 Å². The first-order valence-corrected chi connectivity index (χ1v) is 20.6. The molecule has 0 N–H and O–H groups in total. The maximum absolute atomic E-state index is 6.22. The van der Waals surface area contributed by atoms with Crippen LogP contribution in [-0.4, -0.2) is 15.0 Å². The van der Waals surface area contributed by atoms with E-state index in [4.69, 9.17) is 19.4 Å². The lowest BCUT2D eigenvalue weighted by Crippen LogP contribution is -2.01. The standard InChI is InChI=1S/C57H35N3O/c1-2-14-36(15-3-1)42-19-9-12-24-49(42)56-58-55(39-28-26-38(27-29-39)53-35-41-18-6-13-25-52(41)61-53)59-57(60-56)50-33-32-47(45-22-10-11-23-46(45)50)54-44-21-8-5-17-40(44)34-51-43-20-7-4-16-37(43)30-31-48(51)54/h1-35H. The van der Waals surface area contributed by atoms with Gasteiger partial charge in [-0.15, -0.1) is 0 Å². The molecule has 2 heterocycles. The van der Waals surface area contributed by atoms with Gasteiger partial charge in [0.2, 0.25) is 0 Å². The minimum absolute atomic E-state index is 0.596. The van der Waals surface area contributed by atoms with Crippen LogP contribution in [0.1, 0.15) is 0 Å². The summed E-state index contributed by atoms with van der Waals surface area (Å²) in [6.07, 6.45) is 0. The molecule has 10 aromatic carbocycles. The molecule has 4 nitrogen and oxygen atoms in total. The van der Waals surface area contributed by atoms with Crippen LogP contribution in [0.15, 0.2) is 217 Å². The van der Waals surface area contributed by atoms with Gasteiger partial charge in [-0.3, -0.25) is 0 Å². The van der Waals surface area contributed by atoms with E-state index in [-0.39, 0.29) is 0 Å². The van der Waals surface area contributed by atoms with Crippen molar-refractivity contribution in [1.82, 2.24) is 15.0 Å². The number of rotatable bonds is 6. The average Bonchev–Trinajstić information content (AvgIpc) is 3.78. The van der Waals surface area contributed by atoms with E-state index in [1.807, 2.05) is 24.3 Å². The summed E-state index contributed by atoms with van der Waals surface area (Å²) >= 11 is 0. The molecule has 0 aliphatic heterocycles. The normalized spacial score (nSPS) is 11.6. The minimum atomic E-state index is 0.596. The Morgan fingerprint density at radius 1 is 0.279 bits per heavy atom. The Hall–Kier alpha value is -8.21. The average molecular weight is 778 g/mol. The van der Waals surface area contributed by atoms with E-state index >= 15 is 0 Å². The molecule has 0 atom stereocenters. The van der Waals surface area contributed by atoms with Gasteiger partial charge >= 0.3 is 0 Å². The zero-order chi connectivity index (χ0) is 40.3. The number of nitrogens with zero attached hydrogens (tertiary/aromatic N) is 3. The van der Waals surface area contributed by atoms with Gasteiger partial charge in [-0.05, 0) is 89.6 Å². The predicted molar refractivity (Wildman–Crippen MR) is 252 cm³/mol. The molecule has 0 saturated carbocycles. The first kappa shape index (κ1) is 34.8. The van der Waals surface area contributed by atoms with Gasteiger partial charge in [-0.25, -0.2) is 15.0 Å². The number of benzene rings is 10. The van der Waals surface area contributed by atoms with E-state index in [1.165, 1.54) is 43.4 Å². The largest absolute Gasteiger partial charge is 0.456 e. The van der Waals surface area contributed by atoms with Gasteiger partial charge in [0, 0.05) is 27.6 Å². The molecule has 0 aliphatic carbocycles. The first-order chi connectivity index (χ1) is 30.2. The van der Waals surface area contributed by atoms with E-state index in [9.17, 15) is 0 Å². The van der Waals surface area contributed by atoms with E-state index in [0.717, 1.165) is 60.9 Å². The highest BCUT2D eigenvalue weighted by molar-refractivity contribution is 6.23. The monoisotopic (exact) mass is 777 g/mol. The number of fused-ring (bicyclic) bond motifs is 6. The van der Waals surface area contributed by atoms with Gasteiger partial charge < -0.3 is 4.42 Å². The zero-order valence-electron chi connectivity index (χ0n) is 33.0. The molecule has 4 heteroatoms. The molecule has 0 bridgehead atoms. The summed E-state index contributed by atoms with van der Waals surface area (Å²) in [6.45, 7) is 0. The summed E-state index contributed by atoms with van der Waals surface area (Å²) in [5.41, 5.74) is 9.16. The highest BCUT2D eigenvalue weighted by Crippen LogP contribution is 2.44. The molecule has 0 fully saturated rings. The van der Waals surface area contributed by atoms with Crippen molar-refractivity contribution in [3.63, 3.8) is 0 Å². The highest BCUT2D eigenvalue weighted by atomic mass is 16.3. The predicted octanol–water partition coefficient (Wildman–Crippen LogP) is 15.2. The molecule has 0 spiro atoms. The van der Waals surface area contributed by atoms with Gasteiger partial charge in [0.1, 0.15) is 11.3 Å². The van der Waals surface area contributed by atoms with Gasteiger partial charge in [-0.2, -0.15) is 0 Å². The summed E-state index contributed by atoms with van der Waals surface area (Å²) in [4.78, 5) is 15.8. The molecular formula is C57H35N3O. The Bertz CT molecular complexity index is 3610. The van der Waals surface area contributed by atoms with Crippen molar-refractivity contribution in [1.29, 1.82) is 0 Å². The fraction of sp³-hybridized carbons (Fsp3) is 0. The van der Waals surface area contributed by atoms with Crippen LogP contribution in [-0.2, 0) is 0 Å². The second kappa shape index (κ2) is 14.3. The molecule has 0 aliphatic rings. The molecule has 12 rings (SSSR count). The molecule has 2 aromatic heterocycles. The second-order valence-corrected chi connectivity index (χ2v) is 15.5. The van der Waals surface area contributed by atoms with Crippen LogP contribution < -0.4 is 0 Å². The van der Waals surface area contributed by atoms with Crippen LogP contribution in [0, 0.1) is 0 Å². The fourth-order valence-corrected chi connectivity index (χ4v) is 9.02. The van der Waals surface area contributed by atoms with Crippen LogP contribution in [0.2, 0.25) is 0 Å². The third kappa shape index (κ3) is 5.96. The fourth-order valence-electron chi connectivity index (χ4n) is 9.02. The number of para-hydroxylation sites is 1. The van der Waals surface area contributed by atoms with Crippen LogP contribution in [0.25, 0.3) is 122 Å². The van der Waals surface area contributed by atoms with Crippen molar-refractivity contribution in [2.45, 2.75) is 0 Å². The van der Waals surface area contributed by atoms with E-state index in [1.54, 1.807) is 0 Å². The van der Waals surface area contributed by atoms with Crippen LogP contribution in [0.3, 0.4) is 0 Å². The van der Waals surface area contributed by atoms with Gasteiger partial charge in [-0.1, -0.05) is 188 Å². The molecule has 0 saturated heterocycles. The van der Waals surface area contributed by atoms with Gasteiger partial charge in [0.05, 0.1) is 0 Å². The summed E-state index contributed by atoms with van der Waals surface area (Å²) in [6, 6.07) is 74.7. The van der Waals surface area contributed by atoms with Gasteiger partial charge in [0.25, 0.3) is 0 Å². The van der Waals surface area contributed by atoms with Crippen molar-refractivity contribution < 1.29 is 4.42 Å². The molecular weight excluding hydrogens is 743 g/mol. The van der Waals surface area contributed by atoms with Crippen molar-refractivity contribution in [3.05, 3.63) is 212 Å². The quantitative estimate of drug-likeness (QED) is 0.125. The minimum Gasteiger partial charge on any atom is -0.456 e. The van der Waals surface area contributed by atoms with E-state index < -0.39 is 0 Å². The van der Waals surface area contributed by atoms with Crippen LogP contribution in [0.5, 0.6) is 0 Å². The third-order valence-electron chi connectivity index (χ3n) is 11.9. The zero-order valence-corrected chi connectivity index (χ0v) is 33.0. The number of furan rings is 1. The number of aromatic nitrogens is 3. The van der Waals surface area contributed by atoms with Crippen molar-refractivity contribution in [2.24, 2.45) is 0 Å². The summed E-state index contributed by atoms with van der Waals surface area (Å²) in [5.74, 6) is 2.64. The lowest BCUT2D eigenvalue weighted by molar-refractivity contribution is 0.631. The smallest absolute Gasteiger partial charge is 0.164 e. The van der Waals surface area contributed by atoms with Crippen molar-refractivity contribution in [2.75, 3.05) is 0 Å². The molecule has 0 unspecified atom stereocenters. The SMILES string of the molecule is c1ccc(-c2ccccc2-c2nc(-c3ccc(-c4cc5ccccc5o4)cc3)nc(-c3ccc(-c4c5ccccc5cc5c4ccc4ccccc45)c4ccccc34)n2)cc1. The summed E-state index contributed by atoms with van der Waals surface area (Å²) in [7, 11) is 0. The summed E-state index contributed by atoms with van der Waals surface area (Å²) in [5, 5.41) is 10.7. The third-order valence-corrected chi connectivity index (χ3v) is 11.9. The molecule has 12 aromatic rings. The maximum Gasteiger partial charge on any atom is 0.164 e. The Balaban J connectivity index is 1.07. The summed E-state index contributed by atoms with van der Waals surface area (Å²) < 4.78 is 6.22. The second-order valence-electron chi connectivity index (χ2n) is 15.5.